The molecule has 0 saturated carbocycles. The molecule has 1 aliphatic heterocycles. The Labute approximate surface area is 121 Å². The first kappa shape index (κ1) is 14.7. The highest BCUT2D eigenvalue weighted by Gasteiger charge is 2.16. The number of hydrogen-bond acceptors (Lipinski definition) is 3. The van der Waals surface area contributed by atoms with Gasteiger partial charge in [-0.25, -0.2) is 0 Å². The summed E-state index contributed by atoms with van der Waals surface area (Å²) in [6, 6.07) is 8.87. The van der Waals surface area contributed by atoms with Crippen LogP contribution in [0.5, 0.6) is 5.75 Å². The van der Waals surface area contributed by atoms with E-state index in [9.17, 15) is 0 Å². The van der Waals surface area contributed by atoms with Crippen LogP contribution in [0.2, 0.25) is 0 Å². The van der Waals surface area contributed by atoms with Crippen molar-refractivity contribution in [2.45, 2.75) is 51.0 Å². The molecule has 1 aromatic carbocycles. The van der Waals surface area contributed by atoms with Crippen molar-refractivity contribution in [2.24, 2.45) is 0 Å². The molecule has 1 aromatic rings. The van der Waals surface area contributed by atoms with E-state index in [1.807, 2.05) is 0 Å². The summed E-state index contributed by atoms with van der Waals surface area (Å²) in [4.78, 5) is 0. The first-order chi connectivity index (χ1) is 9.15. The van der Waals surface area contributed by atoms with Gasteiger partial charge in [0.25, 0.3) is 0 Å². The van der Waals surface area contributed by atoms with E-state index in [4.69, 9.17) is 4.74 Å². The van der Waals surface area contributed by atoms with Gasteiger partial charge in [-0.3, -0.25) is 0 Å². The lowest BCUT2D eigenvalue weighted by molar-refractivity contribution is 0.242. The van der Waals surface area contributed by atoms with Gasteiger partial charge in [-0.1, -0.05) is 12.1 Å². The zero-order valence-corrected chi connectivity index (χ0v) is 13.0. The summed E-state index contributed by atoms with van der Waals surface area (Å²) in [5, 5.41) is 4.45. The van der Waals surface area contributed by atoms with Gasteiger partial charge in [-0.15, -0.1) is 0 Å². The molecule has 1 heterocycles. The summed E-state index contributed by atoms with van der Waals surface area (Å²) in [6.07, 6.45) is 2.99. The molecule has 1 N–H and O–H groups in total. The fourth-order valence-electron chi connectivity index (χ4n) is 2.34. The molecule has 3 heteroatoms. The summed E-state index contributed by atoms with van der Waals surface area (Å²) < 4.78 is 5.67. The Kier molecular flexibility index (Phi) is 5.59. The van der Waals surface area contributed by atoms with Crippen LogP contribution in [-0.4, -0.2) is 23.7 Å². The van der Waals surface area contributed by atoms with Gasteiger partial charge in [0, 0.05) is 17.8 Å². The molecule has 0 spiro atoms. The van der Waals surface area contributed by atoms with Gasteiger partial charge >= 0.3 is 0 Å². The zero-order valence-electron chi connectivity index (χ0n) is 12.2. The van der Waals surface area contributed by atoms with Crippen molar-refractivity contribution in [1.82, 2.24) is 5.32 Å². The van der Waals surface area contributed by atoms with Crippen molar-refractivity contribution in [2.75, 3.05) is 12.3 Å². The summed E-state index contributed by atoms with van der Waals surface area (Å²) in [7, 11) is 0. The largest absolute Gasteiger partial charge is 0.491 e. The highest BCUT2D eigenvalue weighted by atomic mass is 32.2. The lowest BCUT2D eigenvalue weighted by atomic mass is 10.1. The molecule has 2 unspecified atom stereocenters. The molecule has 0 aliphatic carbocycles. The Balaban J connectivity index is 1.82. The van der Waals surface area contributed by atoms with E-state index in [1.54, 1.807) is 0 Å². The van der Waals surface area contributed by atoms with Crippen LogP contribution in [0.4, 0.5) is 0 Å². The number of ether oxygens (including phenoxy) is 1. The molecule has 0 amide bonds. The van der Waals surface area contributed by atoms with Gasteiger partial charge < -0.3 is 10.1 Å². The van der Waals surface area contributed by atoms with Crippen LogP contribution in [0.15, 0.2) is 24.3 Å². The van der Waals surface area contributed by atoms with Crippen LogP contribution < -0.4 is 10.1 Å². The Morgan fingerprint density at radius 1 is 1.26 bits per heavy atom. The summed E-state index contributed by atoms with van der Waals surface area (Å²) in [5.41, 5.74) is 1.33. The Morgan fingerprint density at radius 2 is 2.00 bits per heavy atom. The summed E-state index contributed by atoms with van der Waals surface area (Å²) in [6.45, 7) is 7.46. The lowest BCUT2D eigenvalue weighted by Gasteiger charge is -2.18. The Bertz CT molecular complexity index is 371. The molecule has 0 aromatic heterocycles. The number of nitrogens with one attached hydrogen (secondary N) is 1. The molecule has 19 heavy (non-hydrogen) atoms. The second kappa shape index (κ2) is 7.20. The maximum atomic E-state index is 5.67. The smallest absolute Gasteiger partial charge is 0.119 e. The van der Waals surface area contributed by atoms with E-state index < -0.39 is 0 Å². The molecule has 2 atom stereocenters. The van der Waals surface area contributed by atoms with E-state index in [0.717, 1.165) is 17.5 Å². The number of thioether (sulfide) groups is 1. The van der Waals surface area contributed by atoms with E-state index in [1.165, 1.54) is 24.2 Å². The van der Waals surface area contributed by atoms with Crippen molar-refractivity contribution in [3.63, 3.8) is 0 Å². The SMILES string of the molecule is CC(C)Oc1ccc(C(C)NCC2CCCS2)cc1. The van der Waals surface area contributed by atoms with Crippen molar-refractivity contribution in [3.8, 4) is 5.75 Å². The molecule has 0 radical (unpaired) electrons. The van der Waals surface area contributed by atoms with Crippen LogP contribution in [-0.2, 0) is 0 Å². The highest BCUT2D eigenvalue weighted by molar-refractivity contribution is 8.00. The Hall–Kier alpha value is -0.670. The molecular weight excluding hydrogens is 254 g/mol. The third-order valence-electron chi connectivity index (χ3n) is 3.43. The van der Waals surface area contributed by atoms with Gasteiger partial charge in [0.2, 0.25) is 0 Å². The minimum atomic E-state index is 0.237. The first-order valence-corrected chi connectivity index (χ1v) is 8.31. The maximum absolute atomic E-state index is 5.67. The van der Waals surface area contributed by atoms with E-state index in [2.05, 4.69) is 62.1 Å². The molecule has 1 fully saturated rings. The molecule has 106 valence electrons. The first-order valence-electron chi connectivity index (χ1n) is 7.27. The predicted octanol–water partition coefficient (Wildman–Crippen LogP) is 4.02. The normalized spacial score (nSPS) is 20.7. The third-order valence-corrected chi connectivity index (χ3v) is 4.83. The predicted molar refractivity (Wildman–Crippen MR) is 84.1 cm³/mol. The summed E-state index contributed by atoms with van der Waals surface area (Å²) >= 11 is 2.11. The minimum absolute atomic E-state index is 0.237. The van der Waals surface area contributed by atoms with Gasteiger partial charge in [0.15, 0.2) is 0 Å². The van der Waals surface area contributed by atoms with E-state index in [0.29, 0.717) is 6.04 Å². The van der Waals surface area contributed by atoms with Crippen molar-refractivity contribution < 1.29 is 4.74 Å². The molecule has 0 bridgehead atoms. The third kappa shape index (κ3) is 4.73. The second-order valence-corrected chi connectivity index (χ2v) is 6.91. The lowest BCUT2D eigenvalue weighted by Crippen LogP contribution is -2.26. The van der Waals surface area contributed by atoms with Gasteiger partial charge in [-0.2, -0.15) is 11.8 Å². The summed E-state index contributed by atoms with van der Waals surface area (Å²) in [5.74, 6) is 2.29. The van der Waals surface area contributed by atoms with Crippen molar-refractivity contribution in [3.05, 3.63) is 29.8 Å². The minimum Gasteiger partial charge on any atom is -0.491 e. The number of benzene rings is 1. The standard InChI is InChI=1S/C16H25NOS/c1-12(2)18-15-8-6-14(7-9-15)13(3)17-11-16-5-4-10-19-16/h6-9,12-13,16-17H,4-5,10-11H2,1-3H3. The maximum Gasteiger partial charge on any atom is 0.119 e. The van der Waals surface area contributed by atoms with Crippen LogP contribution in [0.25, 0.3) is 0 Å². The van der Waals surface area contributed by atoms with E-state index >= 15 is 0 Å². The molecule has 1 saturated heterocycles. The van der Waals surface area contributed by atoms with Crippen molar-refractivity contribution in [1.29, 1.82) is 0 Å². The molecule has 2 nitrogen and oxygen atoms in total. The fraction of sp³-hybridized carbons (Fsp3) is 0.625. The monoisotopic (exact) mass is 279 g/mol. The van der Waals surface area contributed by atoms with Crippen LogP contribution in [0.1, 0.15) is 45.2 Å². The molecule has 2 rings (SSSR count). The van der Waals surface area contributed by atoms with Crippen LogP contribution >= 0.6 is 11.8 Å². The van der Waals surface area contributed by atoms with Gasteiger partial charge in [0.05, 0.1) is 6.10 Å². The van der Waals surface area contributed by atoms with Crippen LogP contribution in [0.3, 0.4) is 0 Å². The zero-order chi connectivity index (χ0) is 13.7. The highest BCUT2D eigenvalue weighted by Crippen LogP contribution is 2.26. The van der Waals surface area contributed by atoms with Crippen LogP contribution in [0, 0.1) is 0 Å². The van der Waals surface area contributed by atoms with Gasteiger partial charge in [0.1, 0.15) is 5.75 Å². The average molecular weight is 279 g/mol. The number of rotatable bonds is 6. The van der Waals surface area contributed by atoms with E-state index in [-0.39, 0.29) is 6.10 Å². The van der Waals surface area contributed by atoms with Crippen molar-refractivity contribution >= 4 is 11.8 Å². The number of hydrogen-bond donors (Lipinski definition) is 1. The second-order valence-electron chi connectivity index (χ2n) is 5.50. The fourth-order valence-corrected chi connectivity index (χ4v) is 3.55. The average Bonchev–Trinajstić information content (AvgIpc) is 2.89. The van der Waals surface area contributed by atoms with Gasteiger partial charge in [-0.05, 0) is 57.1 Å². The quantitative estimate of drug-likeness (QED) is 0.850. The topological polar surface area (TPSA) is 21.3 Å². The molecular formula is C16H25NOS. The Morgan fingerprint density at radius 3 is 2.58 bits per heavy atom. The molecule has 1 aliphatic rings.